The van der Waals surface area contributed by atoms with E-state index in [4.69, 9.17) is 9.72 Å². The molecular weight excluding hydrogens is 390 g/mol. The first-order chi connectivity index (χ1) is 14.2. The number of thiazole rings is 1. The number of nitrogens with zero attached hydrogens (tertiary/aromatic N) is 4. The maximum Gasteiger partial charge on any atom is 0.271 e. The van der Waals surface area contributed by atoms with Gasteiger partial charge in [0.2, 0.25) is 0 Å². The molecule has 1 aliphatic heterocycles. The summed E-state index contributed by atoms with van der Waals surface area (Å²) < 4.78 is 5.43. The summed E-state index contributed by atoms with van der Waals surface area (Å²) in [5.41, 5.74) is 5.31. The lowest BCUT2D eigenvalue weighted by Crippen LogP contribution is -2.36. The van der Waals surface area contributed by atoms with Crippen molar-refractivity contribution in [1.29, 1.82) is 0 Å². The van der Waals surface area contributed by atoms with Crippen LogP contribution in [0, 0.1) is 10.1 Å². The summed E-state index contributed by atoms with van der Waals surface area (Å²) in [7, 11) is 0. The van der Waals surface area contributed by atoms with Crippen LogP contribution in [0.5, 0.6) is 0 Å². The Morgan fingerprint density at radius 1 is 1.17 bits per heavy atom. The van der Waals surface area contributed by atoms with Gasteiger partial charge in [-0.2, -0.15) is 5.10 Å². The molecular formula is C20H19N5O3S. The van der Waals surface area contributed by atoms with E-state index >= 15 is 0 Å². The van der Waals surface area contributed by atoms with Crippen LogP contribution in [0.25, 0.3) is 11.3 Å². The molecule has 3 aromatic rings. The fraction of sp³-hybridized carbons (Fsp3) is 0.200. The highest BCUT2D eigenvalue weighted by molar-refractivity contribution is 7.17. The molecule has 0 atom stereocenters. The minimum atomic E-state index is -0.430. The van der Waals surface area contributed by atoms with Crippen molar-refractivity contribution in [2.24, 2.45) is 5.10 Å². The second-order valence-electron chi connectivity index (χ2n) is 6.35. The van der Waals surface area contributed by atoms with Gasteiger partial charge in [0, 0.05) is 30.8 Å². The average molecular weight is 409 g/mol. The molecule has 1 saturated heterocycles. The predicted molar refractivity (Wildman–Crippen MR) is 115 cm³/mol. The van der Waals surface area contributed by atoms with Crippen molar-refractivity contribution in [3.05, 3.63) is 69.6 Å². The third kappa shape index (κ3) is 4.58. The maximum atomic E-state index is 10.9. The SMILES string of the molecule is O=[N+]([O-])c1cccc(N/N=C/c2sc(N3CCOCC3)nc2-c2ccccc2)c1. The molecule has 1 aromatic heterocycles. The number of nitrogens with one attached hydrogen (secondary N) is 1. The van der Waals surface area contributed by atoms with Gasteiger partial charge >= 0.3 is 0 Å². The zero-order valence-corrected chi connectivity index (χ0v) is 16.3. The van der Waals surface area contributed by atoms with Gasteiger partial charge in [0.15, 0.2) is 5.13 Å². The molecule has 1 N–H and O–H groups in total. The molecule has 9 heteroatoms. The number of rotatable bonds is 6. The van der Waals surface area contributed by atoms with Crippen molar-refractivity contribution in [2.45, 2.75) is 0 Å². The van der Waals surface area contributed by atoms with E-state index in [9.17, 15) is 10.1 Å². The molecule has 0 unspecified atom stereocenters. The first-order valence-corrected chi connectivity index (χ1v) is 9.95. The Bertz CT molecular complexity index is 1020. The largest absolute Gasteiger partial charge is 0.378 e. The number of aromatic nitrogens is 1. The van der Waals surface area contributed by atoms with E-state index in [-0.39, 0.29) is 5.69 Å². The van der Waals surface area contributed by atoms with Gasteiger partial charge in [0.05, 0.1) is 40.6 Å². The lowest BCUT2D eigenvalue weighted by Gasteiger charge is -2.26. The molecule has 0 spiro atoms. The fourth-order valence-corrected chi connectivity index (χ4v) is 3.97. The Kier molecular flexibility index (Phi) is 5.78. The van der Waals surface area contributed by atoms with E-state index in [2.05, 4.69) is 15.4 Å². The molecule has 1 fully saturated rings. The van der Waals surface area contributed by atoms with E-state index in [1.165, 1.54) is 12.1 Å². The Labute approximate surface area is 171 Å². The number of hydrogen-bond acceptors (Lipinski definition) is 8. The number of anilines is 2. The molecule has 148 valence electrons. The molecule has 4 rings (SSSR count). The highest BCUT2D eigenvalue weighted by atomic mass is 32.1. The first-order valence-electron chi connectivity index (χ1n) is 9.13. The molecule has 1 aliphatic rings. The number of ether oxygens (including phenoxy) is 1. The van der Waals surface area contributed by atoms with Crippen LogP contribution in [0.4, 0.5) is 16.5 Å². The number of benzene rings is 2. The quantitative estimate of drug-likeness (QED) is 0.376. The van der Waals surface area contributed by atoms with Crippen LogP contribution in [0.15, 0.2) is 59.7 Å². The van der Waals surface area contributed by atoms with Crippen molar-refractivity contribution in [2.75, 3.05) is 36.6 Å². The molecule has 0 saturated carbocycles. The minimum absolute atomic E-state index is 0.0163. The molecule has 0 amide bonds. The monoisotopic (exact) mass is 409 g/mol. The minimum Gasteiger partial charge on any atom is -0.378 e. The second kappa shape index (κ2) is 8.80. The van der Waals surface area contributed by atoms with E-state index in [0.717, 1.165) is 34.4 Å². The van der Waals surface area contributed by atoms with Crippen LogP contribution in [0.1, 0.15) is 4.88 Å². The van der Waals surface area contributed by atoms with Crippen molar-refractivity contribution in [3.8, 4) is 11.3 Å². The average Bonchev–Trinajstić information content (AvgIpc) is 3.19. The summed E-state index contributed by atoms with van der Waals surface area (Å²) in [5.74, 6) is 0. The van der Waals surface area contributed by atoms with E-state index in [1.54, 1.807) is 29.7 Å². The Balaban J connectivity index is 1.59. The van der Waals surface area contributed by atoms with Crippen LogP contribution < -0.4 is 10.3 Å². The van der Waals surface area contributed by atoms with Gasteiger partial charge in [0.25, 0.3) is 5.69 Å². The zero-order valence-electron chi connectivity index (χ0n) is 15.5. The van der Waals surface area contributed by atoms with Crippen LogP contribution >= 0.6 is 11.3 Å². The van der Waals surface area contributed by atoms with Gasteiger partial charge < -0.3 is 9.64 Å². The number of morpholine rings is 1. The zero-order chi connectivity index (χ0) is 20.1. The van der Waals surface area contributed by atoms with Crippen molar-refractivity contribution >= 4 is 34.1 Å². The van der Waals surface area contributed by atoms with Crippen molar-refractivity contribution in [1.82, 2.24) is 4.98 Å². The highest BCUT2D eigenvalue weighted by Crippen LogP contribution is 2.32. The smallest absolute Gasteiger partial charge is 0.271 e. The third-order valence-electron chi connectivity index (χ3n) is 4.40. The van der Waals surface area contributed by atoms with Gasteiger partial charge in [-0.1, -0.05) is 47.7 Å². The Hall–Kier alpha value is -3.30. The molecule has 0 aliphatic carbocycles. The molecule has 2 heterocycles. The number of nitro benzene ring substituents is 1. The summed E-state index contributed by atoms with van der Waals surface area (Å²) >= 11 is 1.57. The van der Waals surface area contributed by atoms with E-state index in [0.29, 0.717) is 18.9 Å². The number of non-ortho nitro benzene ring substituents is 1. The normalized spacial score (nSPS) is 14.3. The lowest BCUT2D eigenvalue weighted by atomic mass is 10.1. The summed E-state index contributed by atoms with van der Waals surface area (Å²) in [6.07, 6.45) is 1.71. The van der Waals surface area contributed by atoms with Gasteiger partial charge in [-0.3, -0.25) is 15.5 Å². The van der Waals surface area contributed by atoms with Gasteiger partial charge in [0.1, 0.15) is 0 Å². The van der Waals surface area contributed by atoms with Gasteiger partial charge in [-0.15, -0.1) is 0 Å². The standard InChI is InChI=1S/C20H19N5O3S/c26-25(27)17-8-4-7-16(13-17)23-21-14-18-19(15-5-2-1-3-6-15)22-20(29-18)24-9-11-28-12-10-24/h1-8,13-14,23H,9-12H2/b21-14+. The molecule has 0 bridgehead atoms. The van der Waals surface area contributed by atoms with Gasteiger partial charge in [-0.25, -0.2) is 4.98 Å². The van der Waals surface area contributed by atoms with Crippen LogP contribution in [-0.2, 0) is 4.74 Å². The summed E-state index contributed by atoms with van der Waals surface area (Å²) in [5, 5.41) is 16.1. The number of nitro groups is 1. The van der Waals surface area contributed by atoms with Gasteiger partial charge in [-0.05, 0) is 6.07 Å². The Morgan fingerprint density at radius 2 is 1.97 bits per heavy atom. The number of hydrazone groups is 1. The second-order valence-corrected chi connectivity index (χ2v) is 7.36. The fourth-order valence-electron chi connectivity index (χ4n) is 2.95. The third-order valence-corrected chi connectivity index (χ3v) is 5.45. The van der Waals surface area contributed by atoms with Crippen molar-refractivity contribution in [3.63, 3.8) is 0 Å². The van der Waals surface area contributed by atoms with Crippen molar-refractivity contribution < 1.29 is 9.66 Å². The van der Waals surface area contributed by atoms with E-state index < -0.39 is 4.92 Å². The number of hydrogen-bond donors (Lipinski definition) is 1. The topological polar surface area (TPSA) is 92.9 Å². The van der Waals surface area contributed by atoms with E-state index in [1.807, 2.05) is 30.3 Å². The summed E-state index contributed by atoms with van der Waals surface area (Å²) in [6.45, 7) is 3.00. The molecule has 0 radical (unpaired) electrons. The summed E-state index contributed by atoms with van der Waals surface area (Å²) in [4.78, 5) is 18.5. The Morgan fingerprint density at radius 3 is 2.72 bits per heavy atom. The predicted octanol–water partition coefficient (Wildman–Crippen LogP) is 4.00. The summed E-state index contributed by atoms with van der Waals surface area (Å²) in [6, 6.07) is 16.2. The highest BCUT2D eigenvalue weighted by Gasteiger charge is 2.18. The maximum absolute atomic E-state index is 10.9. The molecule has 8 nitrogen and oxygen atoms in total. The van der Waals surface area contributed by atoms with Crippen LogP contribution in [-0.4, -0.2) is 42.4 Å². The van der Waals surface area contributed by atoms with Crippen LogP contribution in [0.3, 0.4) is 0 Å². The first kappa shape index (κ1) is 19.0. The van der Waals surface area contributed by atoms with Crippen LogP contribution in [0.2, 0.25) is 0 Å². The molecule has 29 heavy (non-hydrogen) atoms. The lowest BCUT2D eigenvalue weighted by molar-refractivity contribution is -0.384. The molecule has 2 aromatic carbocycles.